The van der Waals surface area contributed by atoms with E-state index in [1.807, 2.05) is 0 Å². The van der Waals surface area contributed by atoms with Crippen LogP contribution in [0.2, 0.25) is 0 Å². The molecule has 0 bridgehead atoms. The summed E-state index contributed by atoms with van der Waals surface area (Å²) in [5.74, 6) is 0.842. The molecule has 1 aliphatic heterocycles. The third kappa shape index (κ3) is 7.13. The van der Waals surface area contributed by atoms with E-state index in [4.69, 9.17) is 0 Å². The summed E-state index contributed by atoms with van der Waals surface area (Å²) in [5, 5.41) is 16.8. The Kier molecular flexibility index (Phi) is 9.77. The van der Waals surface area contributed by atoms with Crippen LogP contribution in [0.3, 0.4) is 0 Å². The molecule has 1 aliphatic carbocycles. The highest BCUT2D eigenvalue weighted by atomic mass is 127. The van der Waals surface area contributed by atoms with E-state index in [0.29, 0.717) is 6.54 Å². The van der Waals surface area contributed by atoms with Gasteiger partial charge in [-0.25, -0.2) is 0 Å². The molecule has 0 aromatic heterocycles. The van der Waals surface area contributed by atoms with Gasteiger partial charge in [0.05, 0.1) is 12.1 Å². The lowest BCUT2D eigenvalue weighted by Crippen LogP contribution is -2.44. The van der Waals surface area contributed by atoms with Crippen LogP contribution in [0.4, 0.5) is 0 Å². The molecule has 1 atom stereocenters. The number of nitrogens with one attached hydrogen (secondary N) is 2. The number of rotatable bonds is 7. The fraction of sp³-hybridized carbons (Fsp3) is 0.941. The summed E-state index contributed by atoms with van der Waals surface area (Å²) in [7, 11) is 0. The van der Waals surface area contributed by atoms with Crippen molar-refractivity contribution in [1.82, 2.24) is 15.5 Å². The standard InChI is InChI=1S/C17H34N4O.HI/c1-3-18-16(20-14-17(22)9-6-10-17)19-11-7-13-21-12-5-4-8-15(21)2;/h15,22H,3-14H2,1-2H3,(H2,18,19,20);1H. The Hall–Kier alpha value is -0.0800. The summed E-state index contributed by atoms with van der Waals surface area (Å²) < 4.78 is 0. The number of hydrogen-bond acceptors (Lipinski definition) is 3. The van der Waals surface area contributed by atoms with Gasteiger partial charge in [0.15, 0.2) is 5.96 Å². The third-order valence-corrected chi connectivity index (χ3v) is 5.02. The van der Waals surface area contributed by atoms with Crippen LogP contribution >= 0.6 is 24.0 Å². The second kappa shape index (κ2) is 10.7. The largest absolute Gasteiger partial charge is 0.388 e. The first-order valence-corrected chi connectivity index (χ1v) is 9.11. The van der Waals surface area contributed by atoms with Crippen molar-refractivity contribution in [3.8, 4) is 0 Å². The van der Waals surface area contributed by atoms with E-state index in [1.54, 1.807) is 0 Å². The van der Waals surface area contributed by atoms with Gasteiger partial charge in [0.25, 0.3) is 0 Å². The van der Waals surface area contributed by atoms with Crippen LogP contribution < -0.4 is 10.6 Å². The number of hydrogen-bond donors (Lipinski definition) is 3. The van der Waals surface area contributed by atoms with Gasteiger partial charge in [0.1, 0.15) is 0 Å². The zero-order valence-electron chi connectivity index (χ0n) is 14.8. The van der Waals surface area contributed by atoms with Crippen molar-refractivity contribution in [2.24, 2.45) is 4.99 Å². The number of piperidine rings is 1. The van der Waals surface area contributed by atoms with Crippen molar-refractivity contribution in [2.75, 3.05) is 32.7 Å². The zero-order chi connectivity index (χ0) is 15.8. The van der Waals surface area contributed by atoms with Gasteiger partial charge >= 0.3 is 0 Å². The Morgan fingerprint density at radius 1 is 1.26 bits per heavy atom. The van der Waals surface area contributed by atoms with Crippen molar-refractivity contribution in [2.45, 2.75) is 70.4 Å². The van der Waals surface area contributed by atoms with Crippen LogP contribution in [0.25, 0.3) is 0 Å². The van der Waals surface area contributed by atoms with Crippen LogP contribution in [0.15, 0.2) is 4.99 Å². The molecule has 1 heterocycles. The highest BCUT2D eigenvalue weighted by Gasteiger charge is 2.34. The van der Waals surface area contributed by atoms with Gasteiger partial charge in [0.2, 0.25) is 0 Å². The molecule has 6 heteroatoms. The van der Waals surface area contributed by atoms with E-state index in [9.17, 15) is 5.11 Å². The Labute approximate surface area is 158 Å². The summed E-state index contributed by atoms with van der Waals surface area (Å²) >= 11 is 0. The molecule has 1 unspecified atom stereocenters. The van der Waals surface area contributed by atoms with Gasteiger partial charge in [-0.2, -0.15) is 0 Å². The van der Waals surface area contributed by atoms with Gasteiger partial charge in [-0.15, -0.1) is 24.0 Å². The minimum atomic E-state index is -0.536. The SMILES string of the molecule is CCNC(=NCC1(O)CCC1)NCCCN1CCCCC1C.I. The molecule has 0 aromatic carbocycles. The minimum absolute atomic E-state index is 0. The Bertz CT molecular complexity index is 361. The summed E-state index contributed by atoms with van der Waals surface area (Å²) in [4.78, 5) is 7.14. The lowest BCUT2D eigenvalue weighted by Gasteiger charge is -2.35. The molecule has 0 amide bonds. The smallest absolute Gasteiger partial charge is 0.191 e. The monoisotopic (exact) mass is 438 g/mol. The van der Waals surface area contributed by atoms with E-state index < -0.39 is 5.60 Å². The van der Waals surface area contributed by atoms with Gasteiger partial charge in [-0.05, 0) is 58.9 Å². The lowest BCUT2D eigenvalue weighted by atomic mass is 9.80. The fourth-order valence-corrected chi connectivity index (χ4v) is 3.29. The molecule has 2 rings (SSSR count). The molecule has 23 heavy (non-hydrogen) atoms. The molecule has 0 spiro atoms. The quantitative estimate of drug-likeness (QED) is 0.247. The molecule has 0 radical (unpaired) electrons. The maximum atomic E-state index is 10.1. The molecule has 1 saturated heterocycles. The second-order valence-electron chi connectivity index (χ2n) is 6.93. The molecule has 136 valence electrons. The van der Waals surface area contributed by atoms with Crippen molar-refractivity contribution in [3.05, 3.63) is 0 Å². The van der Waals surface area contributed by atoms with Crippen molar-refractivity contribution < 1.29 is 5.11 Å². The van der Waals surface area contributed by atoms with E-state index >= 15 is 0 Å². The highest BCUT2D eigenvalue weighted by molar-refractivity contribution is 14.0. The maximum Gasteiger partial charge on any atom is 0.191 e. The van der Waals surface area contributed by atoms with Crippen molar-refractivity contribution >= 4 is 29.9 Å². The van der Waals surface area contributed by atoms with Crippen molar-refractivity contribution in [1.29, 1.82) is 0 Å². The van der Waals surface area contributed by atoms with Crippen LogP contribution in [-0.2, 0) is 0 Å². The van der Waals surface area contributed by atoms with Gasteiger partial charge < -0.3 is 20.6 Å². The molecular formula is C17H35IN4O. The zero-order valence-corrected chi connectivity index (χ0v) is 17.1. The molecule has 1 saturated carbocycles. The number of halogens is 1. The summed E-state index contributed by atoms with van der Waals surface area (Å²) in [5.41, 5.74) is -0.536. The molecule has 2 aliphatic rings. The van der Waals surface area contributed by atoms with Gasteiger partial charge in [0, 0.05) is 25.7 Å². The molecule has 0 aromatic rings. The van der Waals surface area contributed by atoms with E-state index in [-0.39, 0.29) is 24.0 Å². The summed E-state index contributed by atoms with van der Waals surface area (Å²) in [6.45, 7) is 9.15. The molecular weight excluding hydrogens is 403 g/mol. The Morgan fingerprint density at radius 2 is 2.04 bits per heavy atom. The van der Waals surface area contributed by atoms with Gasteiger partial charge in [-0.3, -0.25) is 4.99 Å². The topological polar surface area (TPSA) is 59.9 Å². The predicted octanol–water partition coefficient (Wildman–Crippen LogP) is 2.34. The van der Waals surface area contributed by atoms with Crippen molar-refractivity contribution in [3.63, 3.8) is 0 Å². The molecule has 3 N–H and O–H groups in total. The fourth-order valence-electron chi connectivity index (χ4n) is 3.29. The predicted molar refractivity (Wildman–Crippen MR) is 108 cm³/mol. The Morgan fingerprint density at radius 3 is 2.65 bits per heavy atom. The van der Waals surface area contributed by atoms with Crippen LogP contribution in [-0.4, -0.2) is 60.3 Å². The number of aliphatic imine (C=N–C) groups is 1. The first kappa shape index (κ1) is 21.0. The van der Waals surface area contributed by atoms with Crippen LogP contribution in [0, 0.1) is 0 Å². The minimum Gasteiger partial charge on any atom is -0.388 e. The average Bonchev–Trinajstić information content (AvgIpc) is 2.48. The number of guanidine groups is 1. The van der Waals surface area contributed by atoms with Crippen LogP contribution in [0.5, 0.6) is 0 Å². The number of nitrogens with zero attached hydrogens (tertiary/aromatic N) is 2. The van der Waals surface area contributed by atoms with Crippen LogP contribution in [0.1, 0.15) is 58.8 Å². The maximum absolute atomic E-state index is 10.1. The second-order valence-corrected chi connectivity index (χ2v) is 6.93. The average molecular weight is 438 g/mol. The van der Waals surface area contributed by atoms with Gasteiger partial charge in [-0.1, -0.05) is 6.42 Å². The lowest BCUT2D eigenvalue weighted by molar-refractivity contribution is -0.0236. The number of aliphatic hydroxyl groups is 1. The van der Waals surface area contributed by atoms with E-state index in [2.05, 4.69) is 34.4 Å². The Balaban J connectivity index is 0.00000264. The molecule has 5 nitrogen and oxygen atoms in total. The molecule has 2 fully saturated rings. The third-order valence-electron chi connectivity index (χ3n) is 5.02. The summed E-state index contributed by atoms with van der Waals surface area (Å²) in [6.07, 6.45) is 8.13. The summed E-state index contributed by atoms with van der Waals surface area (Å²) in [6, 6.07) is 0.739. The first-order chi connectivity index (χ1) is 10.6. The normalized spacial score (nSPS) is 24.5. The van der Waals surface area contributed by atoms with E-state index in [1.165, 1.54) is 25.8 Å². The first-order valence-electron chi connectivity index (χ1n) is 9.11. The van der Waals surface area contributed by atoms with E-state index in [0.717, 1.165) is 57.3 Å². The number of likely N-dealkylation sites (tertiary alicyclic amines) is 1. The highest BCUT2D eigenvalue weighted by Crippen LogP contribution is 2.31.